The zero-order valence-corrected chi connectivity index (χ0v) is 10.5. The van der Waals surface area contributed by atoms with E-state index in [4.69, 9.17) is 5.73 Å². The Morgan fingerprint density at radius 1 is 1.14 bits per heavy atom. The van der Waals surface area contributed by atoms with Crippen molar-refractivity contribution in [3.8, 4) is 0 Å². The maximum Gasteiger partial charge on any atom is -0.0100 e. The lowest BCUT2D eigenvalue weighted by Crippen LogP contribution is -2.18. The second kappa shape index (κ2) is 6.92. The molecule has 0 rings (SSSR count). The summed E-state index contributed by atoms with van der Waals surface area (Å²) in [5.41, 5.74) is 5.46. The summed E-state index contributed by atoms with van der Waals surface area (Å²) in [7, 11) is 0. The SMILES string of the molecule is CCC(/C=C/N)C(C)C(C)CC(C)C. The smallest absolute Gasteiger partial charge is 0.0100 e. The predicted octanol–water partition coefficient (Wildman–Crippen LogP) is 3.80. The molecule has 0 saturated heterocycles. The molecule has 0 saturated carbocycles. The van der Waals surface area contributed by atoms with Crippen molar-refractivity contribution in [3.63, 3.8) is 0 Å². The van der Waals surface area contributed by atoms with Crippen LogP contribution in [-0.2, 0) is 0 Å². The Kier molecular flexibility index (Phi) is 6.69. The van der Waals surface area contributed by atoms with Crippen molar-refractivity contribution in [3.05, 3.63) is 12.3 Å². The Morgan fingerprint density at radius 2 is 1.71 bits per heavy atom. The summed E-state index contributed by atoms with van der Waals surface area (Å²) in [6, 6.07) is 0. The molecule has 1 nitrogen and oxygen atoms in total. The Balaban J connectivity index is 4.18. The first kappa shape index (κ1) is 13.5. The van der Waals surface area contributed by atoms with E-state index < -0.39 is 0 Å². The number of rotatable bonds is 6. The summed E-state index contributed by atoms with van der Waals surface area (Å²) in [6.45, 7) is 11.5. The minimum Gasteiger partial charge on any atom is -0.405 e. The van der Waals surface area contributed by atoms with Gasteiger partial charge in [0.1, 0.15) is 0 Å². The third kappa shape index (κ3) is 4.69. The second-order valence-corrected chi connectivity index (χ2v) is 4.92. The van der Waals surface area contributed by atoms with Crippen molar-refractivity contribution in [2.24, 2.45) is 29.4 Å². The zero-order valence-electron chi connectivity index (χ0n) is 10.5. The van der Waals surface area contributed by atoms with Crippen LogP contribution >= 0.6 is 0 Å². The van der Waals surface area contributed by atoms with Gasteiger partial charge in [0.25, 0.3) is 0 Å². The molecule has 14 heavy (non-hydrogen) atoms. The van der Waals surface area contributed by atoms with E-state index in [1.54, 1.807) is 6.20 Å². The highest BCUT2D eigenvalue weighted by atomic mass is 14.5. The van der Waals surface area contributed by atoms with Gasteiger partial charge in [0, 0.05) is 0 Å². The van der Waals surface area contributed by atoms with E-state index in [2.05, 4.69) is 40.7 Å². The quantitative estimate of drug-likeness (QED) is 0.688. The molecule has 0 aliphatic heterocycles. The monoisotopic (exact) mass is 197 g/mol. The van der Waals surface area contributed by atoms with Gasteiger partial charge in [-0.1, -0.05) is 40.7 Å². The topological polar surface area (TPSA) is 26.0 Å². The van der Waals surface area contributed by atoms with Crippen LogP contribution in [0.3, 0.4) is 0 Å². The number of hydrogen-bond acceptors (Lipinski definition) is 1. The summed E-state index contributed by atoms with van der Waals surface area (Å²) in [4.78, 5) is 0. The Labute approximate surface area is 89.8 Å². The van der Waals surface area contributed by atoms with Crippen molar-refractivity contribution in [1.29, 1.82) is 0 Å². The molecule has 0 aromatic carbocycles. The Morgan fingerprint density at radius 3 is 2.07 bits per heavy atom. The van der Waals surface area contributed by atoms with Gasteiger partial charge < -0.3 is 5.73 Å². The summed E-state index contributed by atoms with van der Waals surface area (Å²) >= 11 is 0. The molecule has 0 spiro atoms. The largest absolute Gasteiger partial charge is 0.405 e. The first-order chi connectivity index (χ1) is 6.52. The number of allylic oxidation sites excluding steroid dienone is 1. The van der Waals surface area contributed by atoms with Crippen LogP contribution in [0, 0.1) is 23.7 Å². The average Bonchev–Trinajstić information content (AvgIpc) is 2.12. The number of hydrogen-bond donors (Lipinski definition) is 1. The predicted molar refractivity (Wildman–Crippen MR) is 64.9 cm³/mol. The molecule has 0 aromatic heterocycles. The molecule has 1 heteroatoms. The maximum absolute atomic E-state index is 5.46. The molecule has 0 fully saturated rings. The van der Waals surface area contributed by atoms with Crippen LogP contribution in [0.15, 0.2) is 12.3 Å². The minimum absolute atomic E-state index is 0.647. The lowest BCUT2D eigenvalue weighted by Gasteiger charge is -2.27. The van der Waals surface area contributed by atoms with Crippen LogP contribution < -0.4 is 5.73 Å². The van der Waals surface area contributed by atoms with E-state index in [1.165, 1.54) is 12.8 Å². The van der Waals surface area contributed by atoms with Gasteiger partial charge in [-0.3, -0.25) is 0 Å². The fourth-order valence-electron chi connectivity index (χ4n) is 2.21. The van der Waals surface area contributed by atoms with Crippen LogP contribution in [0.25, 0.3) is 0 Å². The van der Waals surface area contributed by atoms with Crippen LogP contribution in [0.5, 0.6) is 0 Å². The Hall–Kier alpha value is -0.460. The fourth-order valence-corrected chi connectivity index (χ4v) is 2.21. The molecular weight excluding hydrogens is 170 g/mol. The third-order valence-corrected chi connectivity index (χ3v) is 3.25. The van der Waals surface area contributed by atoms with Gasteiger partial charge >= 0.3 is 0 Å². The first-order valence-corrected chi connectivity index (χ1v) is 5.91. The molecule has 0 radical (unpaired) electrons. The van der Waals surface area contributed by atoms with Crippen molar-refractivity contribution in [2.45, 2.75) is 47.5 Å². The molecule has 84 valence electrons. The normalized spacial score (nSPS) is 18.7. The molecule has 0 aromatic rings. The number of nitrogens with two attached hydrogens (primary N) is 1. The van der Waals surface area contributed by atoms with Crippen LogP contribution in [-0.4, -0.2) is 0 Å². The van der Waals surface area contributed by atoms with Crippen LogP contribution in [0.4, 0.5) is 0 Å². The Bertz CT molecular complexity index is 161. The van der Waals surface area contributed by atoms with Gasteiger partial charge in [0.2, 0.25) is 0 Å². The molecule has 0 bridgehead atoms. The van der Waals surface area contributed by atoms with Crippen molar-refractivity contribution >= 4 is 0 Å². The van der Waals surface area contributed by atoms with E-state index in [9.17, 15) is 0 Å². The molecule has 0 aliphatic carbocycles. The van der Waals surface area contributed by atoms with Gasteiger partial charge in [0.05, 0.1) is 0 Å². The summed E-state index contributed by atoms with van der Waals surface area (Å²) in [5, 5.41) is 0. The third-order valence-electron chi connectivity index (χ3n) is 3.25. The molecule has 0 aliphatic rings. The maximum atomic E-state index is 5.46. The van der Waals surface area contributed by atoms with Gasteiger partial charge in [0.15, 0.2) is 0 Å². The van der Waals surface area contributed by atoms with Crippen molar-refractivity contribution < 1.29 is 0 Å². The van der Waals surface area contributed by atoms with Gasteiger partial charge in [-0.05, 0) is 42.7 Å². The summed E-state index contributed by atoms with van der Waals surface area (Å²) < 4.78 is 0. The van der Waals surface area contributed by atoms with Crippen LogP contribution in [0.1, 0.15) is 47.5 Å². The van der Waals surface area contributed by atoms with Crippen molar-refractivity contribution in [1.82, 2.24) is 0 Å². The first-order valence-electron chi connectivity index (χ1n) is 5.91. The van der Waals surface area contributed by atoms with E-state index >= 15 is 0 Å². The summed E-state index contributed by atoms with van der Waals surface area (Å²) in [5.74, 6) is 2.97. The molecular formula is C13H27N. The molecule has 0 heterocycles. The molecule has 3 atom stereocenters. The molecule has 0 amide bonds. The lowest BCUT2D eigenvalue weighted by atomic mass is 9.79. The average molecular weight is 197 g/mol. The standard InChI is InChI=1S/C13H27N/c1-6-13(7-8-14)12(5)11(4)9-10(2)3/h7-8,10-13H,6,9,14H2,1-5H3/b8-7+. The lowest BCUT2D eigenvalue weighted by molar-refractivity contribution is 0.260. The fraction of sp³-hybridized carbons (Fsp3) is 0.846. The van der Waals surface area contributed by atoms with Gasteiger partial charge in [-0.2, -0.15) is 0 Å². The molecule has 3 unspecified atom stereocenters. The minimum atomic E-state index is 0.647. The van der Waals surface area contributed by atoms with Crippen LogP contribution in [0.2, 0.25) is 0 Å². The molecule has 2 N–H and O–H groups in total. The van der Waals surface area contributed by atoms with Gasteiger partial charge in [-0.25, -0.2) is 0 Å². The van der Waals surface area contributed by atoms with Crippen molar-refractivity contribution in [2.75, 3.05) is 0 Å². The zero-order chi connectivity index (χ0) is 11.1. The van der Waals surface area contributed by atoms with E-state index in [-0.39, 0.29) is 0 Å². The van der Waals surface area contributed by atoms with E-state index in [0.29, 0.717) is 5.92 Å². The highest BCUT2D eigenvalue weighted by molar-refractivity contribution is 4.88. The highest BCUT2D eigenvalue weighted by Crippen LogP contribution is 2.28. The van der Waals surface area contributed by atoms with E-state index in [1.807, 2.05) is 0 Å². The second-order valence-electron chi connectivity index (χ2n) is 4.92. The van der Waals surface area contributed by atoms with Gasteiger partial charge in [-0.15, -0.1) is 0 Å². The highest BCUT2D eigenvalue weighted by Gasteiger charge is 2.19. The van der Waals surface area contributed by atoms with E-state index in [0.717, 1.165) is 17.8 Å². The summed E-state index contributed by atoms with van der Waals surface area (Å²) in [6.07, 6.45) is 6.36.